The molecule has 2 heterocycles. The first kappa shape index (κ1) is 28.2. The van der Waals surface area contributed by atoms with E-state index >= 15 is 0 Å². The summed E-state index contributed by atoms with van der Waals surface area (Å²) in [5, 5.41) is 10.0. The number of aromatic nitrogens is 1. The SMILES string of the molecule is CCC(CC)C(=O)/C=C(\O)C(CC)CC.[2H]c1nc(-c2[c-]c3c([2H])c([2H])c([2H])c([2H])c3c(C(C)(C)C)c2[2H])c2oc3c4c(c([2H])c(C([2H])([2H])[2H])c3c2c1[2H])C(C)(C)CCC4(C)C.[Ir]. The summed E-state index contributed by atoms with van der Waals surface area (Å²) in [4.78, 5) is 16.1. The molecule has 0 unspecified atom stereocenters. The molecule has 0 saturated carbocycles. The second kappa shape index (κ2) is 16.0. The summed E-state index contributed by atoms with van der Waals surface area (Å²) < 4.78 is 103. The van der Waals surface area contributed by atoms with Gasteiger partial charge in [0.05, 0.1) is 14.0 Å². The number of nitrogens with zero attached hydrogens (tertiary/aromatic N) is 1. The van der Waals surface area contributed by atoms with Gasteiger partial charge in [0.2, 0.25) is 0 Å². The van der Waals surface area contributed by atoms with E-state index in [0.717, 1.165) is 32.1 Å². The number of benzene rings is 3. The van der Waals surface area contributed by atoms with Gasteiger partial charge in [-0.2, -0.15) is 0 Å². The van der Waals surface area contributed by atoms with Crippen LogP contribution in [0.15, 0.2) is 64.7 Å². The van der Waals surface area contributed by atoms with Gasteiger partial charge in [0.1, 0.15) is 11.2 Å². The average Bonchev–Trinajstić information content (AvgIpc) is 3.55. The zero-order valence-corrected chi connectivity index (χ0v) is 34.9. The van der Waals surface area contributed by atoms with Crippen LogP contribution in [0.5, 0.6) is 0 Å². The van der Waals surface area contributed by atoms with Crippen LogP contribution in [0.4, 0.5) is 0 Å². The molecule has 1 aliphatic carbocycles. The quantitative estimate of drug-likeness (QED) is 0.0958. The molecule has 2 aromatic heterocycles. The van der Waals surface area contributed by atoms with Crippen LogP contribution in [0.1, 0.15) is 152 Å². The maximum Gasteiger partial charge on any atom is 0.162 e. The van der Waals surface area contributed by atoms with Crippen molar-refractivity contribution in [3.63, 3.8) is 0 Å². The predicted molar refractivity (Wildman–Crippen MR) is 216 cm³/mol. The minimum atomic E-state index is -2.77. The van der Waals surface area contributed by atoms with E-state index in [9.17, 15) is 12.6 Å². The van der Waals surface area contributed by atoms with Gasteiger partial charge in [0.25, 0.3) is 0 Å². The van der Waals surface area contributed by atoms with E-state index in [4.69, 9.17) is 16.8 Å². The fourth-order valence-corrected chi connectivity index (χ4v) is 7.28. The number of aryl methyl sites for hydroxylation is 1. The van der Waals surface area contributed by atoms with E-state index in [1.165, 1.54) is 6.08 Å². The van der Waals surface area contributed by atoms with Crippen LogP contribution in [0.3, 0.4) is 0 Å². The Morgan fingerprint density at radius 2 is 1.60 bits per heavy atom. The summed E-state index contributed by atoms with van der Waals surface area (Å²) in [6, 6.07) is 0.817. The molecule has 0 bridgehead atoms. The van der Waals surface area contributed by atoms with Gasteiger partial charge in [-0.15, -0.1) is 29.1 Å². The third-order valence-corrected chi connectivity index (χ3v) is 10.7. The molecule has 52 heavy (non-hydrogen) atoms. The maximum atomic E-state index is 11.7. The molecule has 5 aromatic rings. The Morgan fingerprint density at radius 1 is 0.962 bits per heavy atom. The summed E-state index contributed by atoms with van der Waals surface area (Å²) in [5.41, 5.74) is -0.457. The Labute approximate surface area is 341 Å². The Kier molecular flexibility index (Phi) is 8.68. The number of allylic oxidation sites excluding steroid dienone is 2. The Morgan fingerprint density at radius 3 is 2.21 bits per heavy atom. The summed E-state index contributed by atoms with van der Waals surface area (Å²) >= 11 is 0. The Bertz CT molecular complexity index is 2630. The second-order valence-electron chi connectivity index (χ2n) is 16.2. The largest absolute Gasteiger partial charge is 0.512 e. The summed E-state index contributed by atoms with van der Waals surface area (Å²) in [5.74, 6) is 0.547. The number of fused-ring (bicyclic) bond motifs is 6. The average molecular weight is 890 g/mol. The zero-order valence-electron chi connectivity index (χ0n) is 43.5. The van der Waals surface area contributed by atoms with E-state index in [-0.39, 0.29) is 123 Å². The number of hydrogen-bond acceptors (Lipinski definition) is 4. The van der Waals surface area contributed by atoms with Crippen molar-refractivity contribution in [3.8, 4) is 11.3 Å². The number of aliphatic hydroxyl groups is 1. The van der Waals surface area contributed by atoms with Crippen LogP contribution in [0, 0.1) is 24.8 Å². The van der Waals surface area contributed by atoms with Crippen molar-refractivity contribution in [1.29, 1.82) is 0 Å². The molecular formula is C47H60IrNO3-. The first-order valence-electron chi connectivity index (χ1n) is 23.9. The molecule has 0 aliphatic heterocycles. The monoisotopic (exact) mass is 890 g/mol. The Hall–Kier alpha value is -3.27. The molecule has 5 heteroatoms. The number of carbonyl (C=O) groups is 1. The van der Waals surface area contributed by atoms with Crippen LogP contribution in [-0.4, -0.2) is 15.9 Å². The summed E-state index contributed by atoms with van der Waals surface area (Å²) in [6.45, 7) is 18.8. The van der Waals surface area contributed by atoms with Crippen molar-refractivity contribution in [2.75, 3.05) is 0 Å². The standard InChI is InChI=1S/C34H36NO.C13H24O2.Ir/c1-20-17-26-28(34(7,8)15-14-33(26,5)6)31-27(20)24-13-16-35-29(30(24)36-31)22-18-21-11-9-10-12-23(21)25(19-22)32(2,3)4;1-5-10(6-2)12(14)9-13(15)11(7-3)8-4;/h9-13,16-17,19H,14-15H2,1-8H3;9-11,14H,5-8H2,1-4H3;/q-1;;/b;12-9-;/i1D3,9D,10D,11D,12D,13D,16D,17D,19D;;. The van der Waals surface area contributed by atoms with E-state index in [2.05, 4.69) is 11.1 Å². The van der Waals surface area contributed by atoms with Gasteiger partial charge < -0.3 is 9.52 Å². The van der Waals surface area contributed by atoms with Gasteiger partial charge in [-0.1, -0.05) is 111 Å². The molecule has 0 saturated heterocycles. The minimum absolute atomic E-state index is 0. The molecule has 1 radical (unpaired) electrons. The van der Waals surface area contributed by atoms with Crippen molar-refractivity contribution >= 4 is 38.5 Å². The van der Waals surface area contributed by atoms with Gasteiger partial charge in [0, 0.05) is 73.1 Å². The molecule has 0 atom stereocenters. The first-order valence-corrected chi connectivity index (χ1v) is 18.4. The smallest absolute Gasteiger partial charge is 0.162 e. The maximum absolute atomic E-state index is 11.7. The molecule has 0 amide bonds. The zero-order chi connectivity index (χ0) is 46.9. The first-order chi connectivity index (χ1) is 28.5. The number of pyridine rings is 1. The van der Waals surface area contributed by atoms with Crippen molar-refractivity contribution in [1.82, 2.24) is 4.98 Å². The van der Waals surface area contributed by atoms with Crippen LogP contribution in [0.2, 0.25) is 0 Å². The van der Waals surface area contributed by atoms with E-state index < -0.39 is 41.4 Å². The van der Waals surface area contributed by atoms with Crippen LogP contribution in [0.25, 0.3) is 44.0 Å². The third-order valence-electron chi connectivity index (χ3n) is 10.7. The number of furan rings is 1. The van der Waals surface area contributed by atoms with Gasteiger partial charge in [-0.05, 0) is 78.8 Å². The van der Waals surface area contributed by atoms with Crippen LogP contribution >= 0.6 is 0 Å². The van der Waals surface area contributed by atoms with Gasteiger partial charge in [-0.25, -0.2) is 0 Å². The molecule has 1 N–H and O–H groups in total. The fourth-order valence-electron chi connectivity index (χ4n) is 7.28. The molecule has 6 rings (SSSR count). The number of hydrogen-bond donors (Lipinski definition) is 1. The van der Waals surface area contributed by atoms with Crippen LogP contribution in [-0.2, 0) is 41.1 Å². The normalized spacial score (nSPS) is 18.7. The van der Waals surface area contributed by atoms with Crippen molar-refractivity contribution in [2.45, 2.75) is 138 Å². The predicted octanol–water partition coefficient (Wildman–Crippen LogP) is 13.4. The number of ketones is 1. The van der Waals surface area contributed by atoms with Gasteiger partial charge in [0.15, 0.2) is 5.78 Å². The molecule has 281 valence electrons. The van der Waals surface area contributed by atoms with E-state index in [1.807, 2.05) is 76.2 Å². The fraction of sp³-hybridized carbons (Fsp3) is 0.489. The summed E-state index contributed by atoms with van der Waals surface area (Å²) in [7, 11) is 0. The molecule has 3 aromatic carbocycles. The molecule has 4 nitrogen and oxygen atoms in total. The number of rotatable bonds is 8. The van der Waals surface area contributed by atoms with Crippen molar-refractivity contribution < 1.29 is 49.5 Å². The van der Waals surface area contributed by atoms with E-state index in [0.29, 0.717) is 23.1 Å². The molecule has 0 fully saturated rings. The van der Waals surface area contributed by atoms with E-state index in [1.54, 1.807) is 0 Å². The third kappa shape index (κ3) is 7.97. The second-order valence-corrected chi connectivity index (χ2v) is 16.2. The van der Waals surface area contributed by atoms with Crippen molar-refractivity contribution in [2.24, 2.45) is 11.8 Å². The molecular weight excluding hydrogens is 819 g/mol. The molecule has 1 aliphatic rings. The number of aliphatic hydroxyl groups excluding tert-OH is 1. The summed E-state index contributed by atoms with van der Waals surface area (Å²) in [6.07, 6.45) is 5.85. The minimum Gasteiger partial charge on any atom is -0.512 e. The molecule has 0 spiro atoms. The van der Waals surface area contributed by atoms with Gasteiger partial charge in [-0.3, -0.25) is 9.78 Å². The van der Waals surface area contributed by atoms with Crippen LogP contribution < -0.4 is 0 Å². The van der Waals surface area contributed by atoms with Gasteiger partial charge >= 0.3 is 0 Å². The topological polar surface area (TPSA) is 63.3 Å². The van der Waals surface area contributed by atoms with Crippen molar-refractivity contribution in [3.05, 3.63) is 88.6 Å². The Balaban J connectivity index is 0.000000467. The number of carbonyl (C=O) groups excluding carboxylic acids is 1.